The molecule has 0 aliphatic carbocycles. The van der Waals surface area contributed by atoms with Crippen LogP contribution in [0, 0.1) is 6.92 Å². The van der Waals surface area contributed by atoms with Gasteiger partial charge in [-0.15, -0.1) is 11.8 Å². The third-order valence-electron chi connectivity index (χ3n) is 2.72. The van der Waals surface area contributed by atoms with E-state index in [1.165, 1.54) is 4.90 Å². The van der Waals surface area contributed by atoms with Crippen molar-refractivity contribution in [2.45, 2.75) is 26.3 Å². The predicted octanol–water partition coefficient (Wildman–Crippen LogP) is 1.59. The molecule has 0 aromatic heterocycles. The van der Waals surface area contributed by atoms with E-state index in [0.29, 0.717) is 17.8 Å². The van der Waals surface area contributed by atoms with E-state index in [1.807, 2.05) is 13.3 Å². The number of nitrogens with zero attached hydrogens (tertiary/aromatic N) is 1. The van der Waals surface area contributed by atoms with E-state index in [1.54, 1.807) is 25.1 Å². The van der Waals surface area contributed by atoms with Crippen molar-refractivity contribution in [3.63, 3.8) is 0 Å². The number of rotatable bonds is 7. The first-order valence-corrected chi connectivity index (χ1v) is 7.03. The Morgan fingerprint density at radius 2 is 2.20 bits per heavy atom. The first-order chi connectivity index (χ1) is 8.99. The summed E-state index contributed by atoms with van der Waals surface area (Å²) < 4.78 is 23.5. The fourth-order valence-electron chi connectivity index (χ4n) is 1.79. The van der Waals surface area contributed by atoms with Gasteiger partial charge in [0, 0.05) is 50.0 Å². The molecule has 1 radical (unpaired) electrons. The van der Waals surface area contributed by atoms with Crippen LogP contribution in [0.25, 0.3) is 0 Å². The van der Waals surface area contributed by atoms with Crippen LogP contribution in [-0.2, 0) is 48.8 Å². The van der Waals surface area contributed by atoms with Crippen LogP contribution in [0.5, 0.6) is 0 Å². The molecule has 0 spiro atoms. The smallest absolute Gasteiger partial charge is 0.0719 e. The number of carbonyl (C=O) groups excluding carboxylic acids is 1. The summed E-state index contributed by atoms with van der Waals surface area (Å²) in [7, 11) is 0. The predicted molar refractivity (Wildman–Crippen MR) is 74.7 cm³/mol. The molecule has 0 aliphatic rings. The maximum atomic E-state index is 10.9. The average Bonchev–Trinajstić information content (AvgIpc) is 2.35. The standard InChI is InChI=1S/C13H18N2O3S.Y/c1-4-7-15(9-16)13-6-5-12(8-10(13)2)11(3)14-19(17)18;/h5-6,8,11,14H,2,4,7H2,1,3H3,(H,17,18);/q-2;/p-1. The molecule has 5 nitrogen and oxygen atoms in total. The third-order valence-corrected chi connectivity index (χ3v) is 3.27. The van der Waals surface area contributed by atoms with Gasteiger partial charge in [-0.3, -0.25) is 4.21 Å². The summed E-state index contributed by atoms with van der Waals surface area (Å²) in [6, 6.07) is 4.95. The fourth-order valence-corrected chi connectivity index (χ4v) is 2.21. The molecule has 1 amide bonds. The Labute approximate surface area is 147 Å². The molecule has 0 fully saturated rings. The Morgan fingerprint density at radius 1 is 1.55 bits per heavy atom. The summed E-state index contributed by atoms with van der Waals surface area (Å²) in [6.45, 7) is 8.17. The van der Waals surface area contributed by atoms with Gasteiger partial charge in [-0.05, 0) is 19.9 Å². The van der Waals surface area contributed by atoms with Crippen molar-refractivity contribution in [1.82, 2.24) is 4.72 Å². The van der Waals surface area contributed by atoms with Gasteiger partial charge in [0.1, 0.15) is 0 Å². The van der Waals surface area contributed by atoms with Gasteiger partial charge in [0.15, 0.2) is 0 Å². The number of hydrogen-bond donors (Lipinski definition) is 1. The topological polar surface area (TPSA) is 72.5 Å². The van der Waals surface area contributed by atoms with E-state index in [4.69, 9.17) is 0 Å². The molecule has 20 heavy (non-hydrogen) atoms. The van der Waals surface area contributed by atoms with Gasteiger partial charge in [0.25, 0.3) is 0 Å². The molecule has 0 saturated carbocycles. The summed E-state index contributed by atoms with van der Waals surface area (Å²) in [4.78, 5) is 12.4. The summed E-state index contributed by atoms with van der Waals surface area (Å²) in [5.41, 5.74) is 2.15. The summed E-state index contributed by atoms with van der Waals surface area (Å²) >= 11 is -2.31. The minimum Gasteiger partial charge on any atom is -0.760 e. The molecule has 1 N–H and O–H groups in total. The molecule has 2 unspecified atom stereocenters. The van der Waals surface area contributed by atoms with Crippen LogP contribution in [-0.4, -0.2) is 21.7 Å². The molecule has 2 atom stereocenters. The minimum absolute atomic E-state index is 0. The SMILES string of the molecule is [CH2-]c1cc(C(C)NS(=O)[O-])ccc1N([C-]=O)CCC.[Y]. The van der Waals surface area contributed by atoms with Crippen LogP contribution < -0.4 is 9.62 Å². The van der Waals surface area contributed by atoms with Crippen molar-refractivity contribution in [3.8, 4) is 0 Å². The van der Waals surface area contributed by atoms with Gasteiger partial charge >= 0.3 is 0 Å². The van der Waals surface area contributed by atoms with Crippen molar-refractivity contribution in [2.24, 2.45) is 0 Å². The van der Waals surface area contributed by atoms with Crippen LogP contribution in [0.4, 0.5) is 5.69 Å². The van der Waals surface area contributed by atoms with E-state index in [-0.39, 0.29) is 38.8 Å². The summed E-state index contributed by atoms with van der Waals surface area (Å²) in [5.74, 6) is 0. The quantitative estimate of drug-likeness (QED) is 0.450. The molecule has 1 aromatic rings. The van der Waals surface area contributed by atoms with Gasteiger partial charge in [-0.2, -0.15) is 6.07 Å². The Bertz CT molecular complexity index is 471. The molecule has 7 heteroatoms. The minimum atomic E-state index is -2.31. The van der Waals surface area contributed by atoms with Crippen molar-refractivity contribution in [2.75, 3.05) is 11.4 Å². The second-order valence-electron chi connectivity index (χ2n) is 4.21. The van der Waals surface area contributed by atoms with Crippen LogP contribution in [0.15, 0.2) is 18.2 Å². The van der Waals surface area contributed by atoms with Crippen molar-refractivity contribution >= 4 is 23.4 Å². The summed E-state index contributed by atoms with van der Waals surface area (Å²) in [5, 5.41) is 0. The van der Waals surface area contributed by atoms with Gasteiger partial charge in [-0.1, -0.05) is 18.6 Å². The third kappa shape index (κ3) is 5.62. The van der Waals surface area contributed by atoms with Crippen molar-refractivity contribution in [1.29, 1.82) is 0 Å². The van der Waals surface area contributed by atoms with Crippen molar-refractivity contribution in [3.05, 3.63) is 36.2 Å². The second kappa shape index (κ2) is 9.63. The maximum absolute atomic E-state index is 10.9. The molecule has 0 heterocycles. The number of amides is 1. The Kier molecular flexibility index (Phi) is 9.50. The van der Waals surface area contributed by atoms with Gasteiger partial charge < -0.3 is 14.2 Å². The molecular formula is C13H17N2O3SY-3. The Balaban J connectivity index is 0.00000361. The molecule has 0 aliphatic heterocycles. The number of benzene rings is 1. The van der Waals surface area contributed by atoms with Gasteiger partial charge in [-0.25, -0.2) is 17.2 Å². The maximum Gasteiger partial charge on any atom is 0.0719 e. The number of hydrogen-bond acceptors (Lipinski definition) is 3. The largest absolute Gasteiger partial charge is 0.760 e. The zero-order valence-electron chi connectivity index (χ0n) is 11.6. The normalized spacial score (nSPS) is 13.2. The Hall–Kier alpha value is -0.266. The molecule has 1 rings (SSSR count). The van der Waals surface area contributed by atoms with E-state index in [2.05, 4.69) is 11.6 Å². The summed E-state index contributed by atoms with van der Waals surface area (Å²) in [6.07, 6.45) is 2.69. The molecular weight excluding hydrogens is 353 g/mol. The number of anilines is 1. The molecule has 0 saturated heterocycles. The molecule has 0 bridgehead atoms. The van der Waals surface area contributed by atoms with E-state index < -0.39 is 11.3 Å². The Morgan fingerprint density at radius 3 is 2.65 bits per heavy atom. The van der Waals surface area contributed by atoms with E-state index >= 15 is 0 Å². The average molecular weight is 370 g/mol. The van der Waals surface area contributed by atoms with E-state index in [0.717, 1.165) is 12.0 Å². The second-order valence-corrected chi connectivity index (χ2v) is 4.91. The first-order valence-electron chi connectivity index (χ1n) is 5.96. The van der Waals surface area contributed by atoms with Crippen LogP contribution >= 0.6 is 0 Å². The fraction of sp³-hybridized carbons (Fsp3) is 0.385. The van der Waals surface area contributed by atoms with Crippen LogP contribution in [0.3, 0.4) is 0 Å². The van der Waals surface area contributed by atoms with Crippen LogP contribution in [0.2, 0.25) is 0 Å². The van der Waals surface area contributed by atoms with Crippen LogP contribution in [0.1, 0.15) is 37.4 Å². The number of nitrogens with one attached hydrogen (secondary N) is 1. The first kappa shape index (κ1) is 19.7. The molecule has 1 aromatic carbocycles. The monoisotopic (exact) mass is 370 g/mol. The van der Waals surface area contributed by atoms with E-state index in [9.17, 15) is 13.6 Å². The zero-order chi connectivity index (χ0) is 14.4. The van der Waals surface area contributed by atoms with Crippen molar-refractivity contribution < 1.29 is 46.3 Å². The molecule has 109 valence electrons. The van der Waals surface area contributed by atoms with Gasteiger partial charge in [0.05, 0.1) is 6.41 Å². The zero-order valence-corrected chi connectivity index (χ0v) is 15.2. The van der Waals surface area contributed by atoms with Gasteiger partial charge in [0.2, 0.25) is 0 Å².